The molecule has 0 amide bonds. The average molecular weight is 268 g/mol. The Morgan fingerprint density at radius 1 is 1.25 bits per heavy atom. The van der Waals surface area contributed by atoms with Gasteiger partial charge in [0, 0.05) is 24.2 Å². The minimum atomic E-state index is -1.01. The highest BCUT2D eigenvalue weighted by Gasteiger charge is 2.20. The van der Waals surface area contributed by atoms with E-state index in [9.17, 15) is 9.90 Å². The fraction of sp³-hybridized carbons (Fsp3) is 0.143. The van der Waals surface area contributed by atoms with Crippen LogP contribution in [0.5, 0.6) is 0 Å². The van der Waals surface area contributed by atoms with Crippen LogP contribution in [0.2, 0.25) is 0 Å². The number of aromatic carboxylic acids is 1. The van der Waals surface area contributed by atoms with Gasteiger partial charge in [0.1, 0.15) is 11.5 Å². The highest BCUT2D eigenvalue weighted by atomic mass is 16.4. The van der Waals surface area contributed by atoms with Gasteiger partial charge in [-0.1, -0.05) is 0 Å². The third-order valence-electron chi connectivity index (χ3n) is 3.19. The van der Waals surface area contributed by atoms with Crippen LogP contribution >= 0.6 is 0 Å². The van der Waals surface area contributed by atoms with Crippen LogP contribution in [0.15, 0.2) is 30.7 Å². The number of hydrogen-bond acceptors (Lipinski definition) is 4. The lowest BCUT2D eigenvalue weighted by Gasteiger charge is -2.06. The Balaban J connectivity index is 2.40. The van der Waals surface area contributed by atoms with Crippen molar-refractivity contribution in [3.05, 3.63) is 47.9 Å². The van der Waals surface area contributed by atoms with E-state index in [0.717, 1.165) is 11.1 Å². The number of carbonyl (C=O) groups is 1. The van der Waals surface area contributed by atoms with Gasteiger partial charge >= 0.3 is 5.97 Å². The molecule has 0 aliphatic carbocycles. The van der Waals surface area contributed by atoms with Crippen molar-refractivity contribution in [1.29, 1.82) is 0 Å². The molecule has 6 nitrogen and oxygen atoms in total. The normalized spacial score (nSPS) is 10.9. The molecule has 0 unspecified atom stereocenters. The second-order valence-electron chi connectivity index (χ2n) is 4.46. The minimum Gasteiger partial charge on any atom is -0.477 e. The van der Waals surface area contributed by atoms with Crippen LogP contribution in [0.3, 0.4) is 0 Å². The predicted molar refractivity (Wildman–Crippen MR) is 72.7 cm³/mol. The van der Waals surface area contributed by atoms with E-state index in [4.69, 9.17) is 0 Å². The van der Waals surface area contributed by atoms with Gasteiger partial charge < -0.3 is 5.11 Å². The topological polar surface area (TPSA) is 80.4 Å². The minimum absolute atomic E-state index is 0.154. The van der Waals surface area contributed by atoms with Gasteiger partial charge in [0.2, 0.25) is 0 Å². The molecule has 6 heteroatoms. The molecule has 0 aliphatic rings. The lowest BCUT2D eigenvalue weighted by molar-refractivity contribution is 0.0688. The molecule has 0 aliphatic heterocycles. The molecule has 3 heterocycles. The van der Waals surface area contributed by atoms with Gasteiger partial charge in [-0.15, -0.1) is 0 Å². The number of pyridine rings is 1. The molecule has 20 heavy (non-hydrogen) atoms. The number of nitrogens with zero attached hydrogens (tertiary/aromatic N) is 4. The molecule has 0 saturated carbocycles. The summed E-state index contributed by atoms with van der Waals surface area (Å²) in [6.07, 6.45) is 5.07. The van der Waals surface area contributed by atoms with E-state index < -0.39 is 5.97 Å². The molecule has 3 aromatic rings. The monoisotopic (exact) mass is 268 g/mol. The van der Waals surface area contributed by atoms with E-state index in [1.165, 1.54) is 0 Å². The highest BCUT2D eigenvalue weighted by molar-refractivity contribution is 5.90. The second-order valence-corrected chi connectivity index (χ2v) is 4.46. The van der Waals surface area contributed by atoms with Crippen molar-refractivity contribution in [3.63, 3.8) is 0 Å². The Morgan fingerprint density at radius 3 is 2.60 bits per heavy atom. The smallest absolute Gasteiger partial charge is 0.354 e. The second kappa shape index (κ2) is 4.41. The molecule has 1 N–H and O–H groups in total. The van der Waals surface area contributed by atoms with Crippen molar-refractivity contribution in [2.45, 2.75) is 13.8 Å². The zero-order chi connectivity index (χ0) is 14.3. The highest BCUT2D eigenvalue weighted by Crippen LogP contribution is 2.25. The Kier molecular flexibility index (Phi) is 2.71. The summed E-state index contributed by atoms with van der Waals surface area (Å²) < 4.78 is 1.58. The molecule has 0 bridgehead atoms. The number of imidazole rings is 1. The summed E-state index contributed by atoms with van der Waals surface area (Å²) >= 11 is 0. The molecule has 3 rings (SSSR count). The fourth-order valence-corrected chi connectivity index (χ4v) is 2.28. The zero-order valence-corrected chi connectivity index (χ0v) is 11.0. The van der Waals surface area contributed by atoms with Crippen molar-refractivity contribution < 1.29 is 9.90 Å². The van der Waals surface area contributed by atoms with Gasteiger partial charge in [-0.3, -0.25) is 9.38 Å². The molecular formula is C14H12N4O2. The summed E-state index contributed by atoms with van der Waals surface area (Å²) in [5.74, 6) is -0.414. The van der Waals surface area contributed by atoms with E-state index in [-0.39, 0.29) is 5.69 Å². The standard InChI is InChI=1S/C14H12N4O2/c1-8-12(14(19)20)18-9(2)16-7-11(13(18)17-8)10-3-5-15-6-4-10/h3-7H,1-2H3,(H,19,20). The van der Waals surface area contributed by atoms with E-state index in [2.05, 4.69) is 15.0 Å². The number of rotatable bonds is 2. The van der Waals surface area contributed by atoms with Gasteiger partial charge in [0.15, 0.2) is 5.69 Å². The molecule has 3 aromatic heterocycles. The van der Waals surface area contributed by atoms with Crippen LogP contribution in [-0.2, 0) is 0 Å². The largest absolute Gasteiger partial charge is 0.477 e. The Bertz CT molecular complexity index is 809. The van der Waals surface area contributed by atoms with Gasteiger partial charge in [-0.05, 0) is 31.5 Å². The lowest BCUT2D eigenvalue weighted by atomic mass is 10.1. The quantitative estimate of drug-likeness (QED) is 0.769. The summed E-state index contributed by atoms with van der Waals surface area (Å²) in [4.78, 5) is 24.0. The molecule has 0 saturated heterocycles. The predicted octanol–water partition coefficient (Wildman–Crippen LogP) is 2.11. The maximum Gasteiger partial charge on any atom is 0.354 e. The van der Waals surface area contributed by atoms with Gasteiger partial charge in [-0.25, -0.2) is 14.8 Å². The summed E-state index contributed by atoms with van der Waals surface area (Å²) in [5.41, 5.74) is 2.91. The number of carboxylic acids is 1. The SMILES string of the molecule is Cc1nc2c(-c3ccncc3)cnc(C)n2c1C(=O)O. The fourth-order valence-electron chi connectivity index (χ4n) is 2.28. The molecule has 0 radical (unpaired) electrons. The summed E-state index contributed by atoms with van der Waals surface area (Å²) in [6.45, 7) is 3.45. The molecular weight excluding hydrogens is 256 g/mol. The first-order chi connectivity index (χ1) is 9.59. The molecule has 100 valence electrons. The lowest BCUT2D eigenvalue weighted by Crippen LogP contribution is -2.07. The third-order valence-corrected chi connectivity index (χ3v) is 3.19. The van der Waals surface area contributed by atoms with Crippen molar-refractivity contribution in [2.24, 2.45) is 0 Å². The molecule has 0 atom stereocenters. The number of carboxylic acid groups (broad SMARTS) is 1. The number of aryl methyl sites for hydroxylation is 2. The van der Waals surface area contributed by atoms with E-state index in [1.54, 1.807) is 36.8 Å². The van der Waals surface area contributed by atoms with Crippen molar-refractivity contribution >= 4 is 11.6 Å². The van der Waals surface area contributed by atoms with Crippen LogP contribution in [0.1, 0.15) is 22.0 Å². The van der Waals surface area contributed by atoms with Crippen LogP contribution < -0.4 is 0 Å². The molecule has 0 fully saturated rings. The van der Waals surface area contributed by atoms with E-state index in [0.29, 0.717) is 17.2 Å². The average Bonchev–Trinajstić information content (AvgIpc) is 2.78. The maximum atomic E-state index is 11.4. The van der Waals surface area contributed by atoms with Crippen LogP contribution in [0.25, 0.3) is 16.8 Å². The van der Waals surface area contributed by atoms with Crippen LogP contribution in [-0.4, -0.2) is 30.4 Å². The number of fused-ring (bicyclic) bond motifs is 1. The first-order valence-electron chi connectivity index (χ1n) is 6.08. The van der Waals surface area contributed by atoms with Gasteiger partial charge in [0.05, 0.1) is 5.69 Å². The van der Waals surface area contributed by atoms with Crippen molar-refractivity contribution in [1.82, 2.24) is 19.4 Å². The Labute approximate surface area is 114 Å². The van der Waals surface area contributed by atoms with Gasteiger partial charge in [0.25, 0.3) is 0 Å². The van der Waals surface area contributed by atoms with Crippen LogP contribution in [0, 0.1) is 13.8 Å². The van der Waals surface area contributed by atoms with Crippen LogP contribution in [0.4, 0.5) is 0 Å². The first-order valence-corrected chi connectivity index (χ1v) is 6.08. The molecule has 0 aromatic carbocycles. The van der Waals surface area contributed by atoms with Crippen molar-refractivity contribution in [3.8, 4) is 11.1 Å². The zero-order valence-electron chi connectivity index (χ0n) is 11.0. The number of hydrogen-bond donors (Lipinski definition) is 1. The Morgan fingerprint density at radius 2 is 1.95 bits per heavy atom. The maximum absolute atomic E-state index is 11.4. The summed E-state index contributed by atoms with van der Waals surface area (Å²) in [5, 5.41) is 9.34. The van der Waals surface area contributed by atoms with E-state index in [1.807, 2.05) is 12.1 Å². The Hall–Kier alpha value is -2.76. The third kappa shape index (κ3) is 1.73. The first kappa shape index (κ1) is 12.3. The summed E-state index contributed by atoms with van der Waals surface area (Å²) in [7, 11) is 0. The molecule has 0 spiro atoms. The summed E-state index contributed by atoms with van der Waals surface area (Å²) in [6, 6.07) is 3.69. The number of aromatic nitrogens is 4. The van der Waals surface area contributed by atoms with Crippen molar-refractivity contribution in [2.75, 3.05) is 0 Å². The van der Waals surface area contributed by atoms with E-state index >= 15 is 0 Å². The van der Waals surface area contributed by atoms with Gasteiger partial charge in [-0.2, -0.15) is 0 Å².